The Morgan fingerprint density at radius 1 is 0.930 bits per heavy atom. The summed E-state index contributed by atoms with van der Waals surface area (Å²) < 4.78 is 8.13. The van der Waals surface area contributed by atoms with Crippen molar-refractivity contribution in [3.63, 3.8) is 0 Å². The number of ether oxygens (including phenoxy) is 1. The number of aryl methyl sites for hydroxylation is 1. The summed E-state index contributed by atoms with van der Waals surface area (Å²) in [5.41, 5.74) is 3.98. The van der Waals surface area contributed by atoms with Crippen LogP contribution in [0.1, 0.15) is 23.7 Å². The first-order chi connectivity index (χ1) is 21.1. The van der Waals surface area contributed by atoms with Crippen LogP contribution in [0.25, 0.3) is 21.8 Å². The van der Waals surface area contributed by atoms with E-state index in [9.17, 15) is 9.59 Å². The van der Waals surface area contributed by atoms with Crippen LogP contribution in [0, 0.1) is 0 Å². The zero-order chi connectivity index (χ0) is 29.8. The van der Waals surface area contributed by atoms with Crippen LogP contribution in [0.3, 0.4) is 0 Å². The summed E-state index contributed by atoms with van der Waals surface area (Å²) in [6, 6.07) is 29.7. The molecule has 1 aliphatic rings. The molecule has 8 nitrogen and oxygen atoms in total. The molecule has 0 radical (unpaired) electrons. The monoisotopic (exact) mass is 572 g/mol. The number of benzene rings is 4. The molecule has 0 spiro atoms. The molecule has 1 saturated heterocycles. The maximum absolute atomic E-state index is 13.7. The zero-order valence-electron chi connectivity index (χ0n) is 23.9. The van der Waals surface area contributed by atoms with Gasteiger partial charge in [-0.25, -0.2) is 0 Å². The fraction of sp³-hybridized carbons (Fsp3) is 0.171. The van der Waals surface area contributed by atoms with Crippen LogP contribution in [0.4, 0.5) is 5.69 Å². The molecule has 2 heterocycles. The Morgan fingerprint density at radius 2 is 1.65 bits per heavy atom. The molecule has 1 N–H and O–H groups in total. The minimum atomic E-state index is -0.758. The van der Waals surface area contributed by atoms with E-state index in [-0.39, 0.29) is 31.4 Å². The van der Waals surface area contributed by atoms with Crippen molar-refractivity contribution in [1.29, 1.82) is 0 Å². The number of oxime groups is 1. The molecule has 0 aliphatic carbocycles. The molecule has 1 atom stereocenters. The van der Waals surface area contributed by atoms with Crippen molar-refractivity contribution in [3.8, 4) is 11.5 Å². The average Bonchev–Trinajstić information content (AvgIpc) is 3.61. The summed E-state index contributed by atoms with van der Waals surface area (Å²) in [7, 11) is 0. The summed E-state index contributed by atoms with van der Waals surface area (Å²) >= 11 is 0. The van der Waals surface area contributed by atoms with Crippen molar-refractivity contribution in [2.24, 2.45) is 5.16 Å². The van der Waals surface area contributed by atoms with E-state index < -0.39 is 6.04 Å². The molecular weight excluding hydrogens is 540 g/mol. The number of amides is 2. The maximum atomic E-state index is 13.7. The van der Waals surface area contributed by atoms with Crippen LogP contribution in [-0.2, 0) is 16.2 Å². The molecule has 0 unspecified atom stereocenters. The molecule has 8 heteroatoms. The van der Waals surface area contributed by atoms with Crippen molar-refractivity contribution in [3.05, 3.63) is 115 Å². The highest BCUT2D eigenvalue weighted by molar-refractivity contribution is 6.11. The van der Waals surface area contributed by atoms with E-state index in [4.69, 9.17) is 9.57 Å². The van der Waals surface area contributed by atoms with Gasteiger partial charge in [0, 0.05) is 46.0 Å². The third kappa shape index (κ3) is 5.72. The Morgan fingerprint density at radius 3 is 2.42 bits per heavy atom. The number of aromatic nitrogens is 1. The molecule has 216 valence electrons. The Bertz CT molecular complexity index is 1830. The maximum Gasteiger partial charge on any atom is 0.254 e. The number of anilines is 1. The van der Waals surface area contributed by atoms with Gasteiger partial charge >= 0.3 is 0 Å². The van der Waals surface area contributed by atoms with Crippen molar-refractivity contribution < 1.29 is 19.2 Å². The highest BCUT2D eigenvalue weighted by Crippen LogP contribution is 2.31. The van der Waals surface area contributed by atoms with E-state index in [1.165, 1.54) is 0 Å². The second-order valence-corrected chi connectivity index (χ2v) is 10.3. The molecule has 4 aromatic carbocycles. The van der Waals surface area contributed by atoms with E-state index in [1.807, 2.05) is 60.7 Å². The summed E-state index contributed by atoms with van der Waals surface area (Å²) in [6.07, 6.45) is 1.86. The fourth-order valence-electron chi connectivity index (χ4n) is 5.55. The number of hydrogen-bond acceptors (Lipinski definition) is 5. The molecule has 43 heavy (non-hydrogen) atoms. The van der Waals surface area contributed by atoms with E-state index in [0.29, 0.717) is 28.5 Å². The number of carbonyl (C=O) groups excluding carboxylic acids is 2. The molecule has 2 amide bonds. The number of fused-ring (bicyclic) bond motifs is 3. The van der Waals surface area contributed by atoms with E-state index in [0.717, 1.165) is 28.4 Å². The third-order valence-electron chi connectivity index (χ3n) is 7.54. The Hall–Kier alpha value is -5.37. The van der Waals surface area contributed by atoms with Crippen LogP contribution < -0.4 is 10.1 Å². The molecule has 6 rings (SSSR count). The minimum absolute atomic E-state index is 0.180. The fourth-order valence-corrected chi connectivity index (χ4v) is 5.55. The smallest absolute Gasteiger partial charge is 0.254 e. The lowest BCUT2D eigenvalue weighted by molar-refractivity contribution is -0.119. The van der Waals surface area contributed by atoms with Crippen LogP contribution in [0.5, 0.6) is 11.5 Å². The molecule has 0 bridgehead atoms. The molecule has 1 aliphatic heterocycles. The largest absolute Gasteiger partial charge is 0.457 e. The highest BCUT2D eigenvalue weighted by Gasteiger charge is 2.38. The van der Waals surface area contributed by atoms with Gasteiger partial charge in [0.1, 0.15) is 24.1 Å². The van der Waals surface area contributed by atoms with E-state index in [1.54, 1.807) is 35.2 Å². The van der Waals surface area contributed by atoms with Gasteiger partial charge < -0.3 is 24.4 Å². The quantitative estimate of drug-likeness (QED) is 0.117. The lowest BCUT2D eigenvalue weighted by atomic mass is 10.1. The molecule has 5 aromatic rings. The lowest BCUT2D eigenvalue weighted by Gasteiger charge is -2.23. The number of nitrogens with one attached hydrogen (secondary N) is 1. The molecule has 1 aromatic heterocycles. The van der Waals surface area contributed by atoms with Crippen LogP contribution in [0.2, 0.25) is 0 Å². The van der Waals surface area contributed by atoms with Crippen LogP contribution in [0.15, 0.2) is 115 Å². The van der Waals surface area contributed by atoms with Crippen LogP contribution in [-0.4, -0.2) is 46.2 Å². The SMILES string of the molecule is C=CCO/N=C1\C[C@@H](C(=O)Nc2ccc3c(c2)c2ccccc2n3CC)N(C(=O)c2ccc(Oc3ccccc3)cc2)C1. The van der Waals surface area contributed by atoms with Gasteiger partial charge in [-0.1, -0.05) is 54.2 Å². The first kappa shape index (κ1) is 27.8. The predicted molar refractivity (Wildman–Crippen MR) is 170 cm³/mol. The van der Waals surface area contributed by atoms with Crippen LogP contribution >= 0.6 is 0 Å². The number of nitrogens with zero attached hydrogens (tertiary/aromatic N) is 3. The first-order valence-corrected chi connectivity index (χ1v) is 14.3. The second-order valence-electron chi connectivity index (χ2n) is 10.3. The van der Waals surface area contributed by atoms with Crippen molar-refractivity contribution in [2.45, 2.75) is 25.9 Å². The van der Waals surface area contributed by atoms with Crippen molar-refractivity contribution >= 4 is 45.0 Å². The summed E-state index contributed by atoms with van der Waals surface area (Å²) in [5, 5.41) is 9.42. The van der Waals surface area contributed by atoms with Gasteiger partial charge in [-0.2, -0.15) is 0 Å². The van der Waals surface area contributed by atoms with Gasteiger partial charge in [-0.3, -0.25) is 9.59 Å². The first-order valence-electron chi connectivity index (χ1n) is 14.3. The van der Waals surface area contributed by atoms with Crippen molar-refractivity contribution in [1.82, 2.24) is 9.47 Å². The molecular formula is C35H32N4O4. The number of carbonyl (C=O) groups is 2. The standard InChI is InChI=1S/C35H32N4O4/c1-3-20-42-37-26-22-33(39(23-26)35(41)24-14-17-28(18-15-24)43-27-10-6-5-7-11-27)34(40)36-25-16-19-32-30(21-25)29-12-8-9-13-31(29)38(32)4-2/h3,5-19,21,33H,1,4,20,22-23H2,2H3,(H,36,40)/b37-26+/t33-/m0/s1. The predicted octanol–water partition coefficient (Wildman–Crippen LogP) is 7.02. The van der Waals surface area contributed by atoms with Crippen molar-refractivity contribution in [2.75, 3.05) is 18.5 Å². The topological polar surface area (TPSA) is 85.2 Å². The number of rotatable bonds is 9. The third-order valence-corrected chi connectivity index (χ3v) is 7.54. The number of hydrogen-bond donors (Lipinski definition) is 1. The van der Waals surface area contributed by atoms with Gasteiger partial charge in [-0.15, -0.1) is 0 Å². The summed E-state index contributed by atoms with van der Waals surface area (Å²) in [5.74, 6) is 0.751. The summed E-state index contributed by atoms with van der Waals surface area (Å²) in [4.78, 5) is 34.3. The second kappa shape index (κ2) is 12.2. The minimum Gasteiger partial charge on any atom is -0.457 e. The van der Waals surface area contributed by atoms with Gasteiger partial charge in [0.25, 0.3) is 5.91 Å². The van der Waals surface area contributed by atoms with Gasteiger partial charge in [0.05, 0.1) is 12.3 Å². The highest BCUT2D eigenvalue weighted by atomic mass is 16.6. The Labute approximate surface area is 249 Å². The average molecular weight is 573 g/mol. The number of likely N-dealkylation sites (tertiary alicyclic amines) is 1. The number of para-hydroxylation sites is 2. The zero-order valence-corrected chi connectivity index (χ0v) is 23.9. The Balaban J connectivity index is 1.24. The normalized spacial score (nSPS) is 15.6. The van der Waals surface area contributed by atoms with Gasteiger partial charge in [0.15, 0.2) is 0 Å². The molecule has 0 saturated carbocycles. The van der Waals surface area contributed by atoms with E-state index >= 15 is 0 Å². The van der Waals surface area contributed by atoms with Gasteiger partial charge in [0.2, 0.25) is 5.91 Å². The lowest BCUT2D eigenvalue weighted by Crippen LogP contribution is -2.43. The van der Waals surface area contributed by atoms with Gasteiger partial charge in [-0.05, 0) is 67.6 Å². The van der Waals surface area contributed by atoms with E-state index in [2.05, 4.69) is 40.7 Å². The molecule has 1 fully saturated rings. The summed E-state index contributed by atoms with van der Waals surface area (Å²) in [6.45, 7) is 7.02. The Kier molecular flexibility index (Phi) is 7.91.